The van der Waals surface area contributed by atoms with Crippen LogP contribution in [0.4, 0.5) is 0 Å². The fraction of sp³-hybridized carbons (Fsp3) is 0.115. The van der Waals surface area contributed by atoms with Crippen LogP contribution >= 0.6 is 0 Å². The molecule has 4 aromatic carbocycles. The van der Waals surface area contributed by atoms with Gasteiger partial charge in [0.1, 0.15) is 0 Å². The zero-order chi connectivity index (χ0) is 18.5. The Morgan fingerprint density at radius 1 is 0.667 bits per heavy atom. The Morgan fingerprint density at radius 2 is 1.26 bits per heavy atom. The van der Waals surface area contributed by atoms with Crippen molar-refractivity contribution in [3.63, 3.8) is 0 Å². The van der Waals surface area contributed by atoms with Crippen molar-refractivity contribution in [2.75, 3.05) is 0 Å². The minimum atomic E-state index is 0.688. The number of hydrogen-bond acceptors (Lipinski definition) is 1. The number of aliphatic imine (C=N–C) groups is 1. The molecule has 4 aromatic rings. The maximum Gasteiger partial charge on any atom is 0.0723 e. The van der Waals surface area contributed by atoms with Crippen molar-refractivity contribution in [1.29, 1.82) is 0 Å². The lowest BCUT2D eigenvalue weighted by atomic mass is 9.97. The van der Waals surface area contributed by atoms with Crippen LogP contribution in [0, 0.1) is 0 Å². The summed E-state index contributed by atoms with van der Waals surface area (Å²) in [6.07, 6.45) is 1.01. The molecule has 0 amide bonds. The van der Waals surface area contributed by atoms with Gasteiger partial charge in [0, 0.05) is 11.1 Å². The Balaban J connectivity index is 1.78. The van der Waals surface area contributed by atoms with E-state index in [1.165, 1.54) is 21.9 Å². The zero-order valence-corrected chi connectivity index (χ0v) is 15.6. The first-order valence-corrected chi connectivity index (χ1v) is 9.51. The quantitative estimate of drug-likeness (QED) is 0.368. The molecular formula is C26H23N. The number of benzene rings is 4. The van der Waals surface area contributed by atoms with Crippen LogP contribution in [0.25, 0.3) is 10.8 Å². The summed E-state index contributed by atoms with van der Waals surface area (Å²) in [6, 6.07) is 34.0. The van der Waals surface area contributed by atoms with E-state index in [9.17, 15) is 0 Å². The maximum atomic E-state index is 5.07. The molecule has 0 bridgehead atoms. The smallest absolute Gasteiger partial charge is 0.0723 e. The molecule has 0 aromatic heterocycles. The molecule has 1 nitrogen and oxygen atoms in total. The standard InChI is InChI=1S/C26H23N/c1-2-24-23(18-17-20-11-9-10-16-25(20)24)19-27-26(21-12-5-3-6-13-21)22-14-7-4-8-15-22/h3-18H,2,19H2,1H3. The fourth-order valence-corrected chi connectivity index (χ4v) is 3.65. The van der Waals surface area contributed by atoms with Gasteiger partial charge in [-0.15, -0.1) is 0 Å². The van der Waals surface area contributed by atoms with Gasteiger partial charge in [0.25, 0.3) is 0 Å². The van der Waals surface area contributed by atoms with E-state index in [1.54, 1.807) is 0 Å². The molecule has 0 fully saturated rings. The van der Waals surface area contributed by atoms with Gasteiger partial charge in [-0.1, -0.05) is 104 Å². The van der Waals surface area contributed by atoms with E-state index in [2.05, 4.69) is 91.9 Å². The molecule has 0 radical (unpaired) electrons. The van der Waals surface area contributed by atoms with Crippen LogP contribution in [0.15, 0.2) is 102 Å². The normalized spacial score (nSPS) is 10.7. The first-order valence-electron chi connectivity index (χ1n) is 9.51. The molecule has 27 heavy (non-hydrogen) atoms. The SMILES string of the molecule is CCc1c(CN=C(c2ccccc2)c2ccccc2)ccc2ccccc12. The van der Waals surface area contributed by atoms with Crippen LogP contribution in [-0.2, 0) is 13.0 Å². The van der Waals surface area contributed by atoms with Crippen LogP contribution in [0.5, 0.6) is 0 Å². The summed E-state index contributed by atoms with van der Waals surface area (Å²) in [6.45, 7) is 2.91. The highest BCUT2D eigenvalue weighted by molar-refractivity contribution is 6.12. The van der Waals surface area contributed by atoms with E-state index >= 15 is 0 Å². The zero-order valence-electron chi connectivity index (χ0n) is 15.6. The summed E-state index contributed by atoms with van der Waals surface area (Å²) < 4.78 is 0. The Hall–Kier alpha value is -3.19. The van der Waals surface area contributed by atoms with E-state index in [0.29, 0.717) is 6.54 Å². The fourth-order valence-electron chi connectivity index (χ4n) is 3.65. The van der Waals surface area contributed by atoms with Gasteiger partial charge >= 0.3 is 0 Å². The van der Waals surface area contributed by atoms with Crippen molar-refractivity contribution < 1.29 is 0 Å². The van der Waals surface area contributed by atoms with Crippen molar-refractivity contribution in [3.05, 3.63) is 119 Å². The minimum Gasteiger partial charge on any atom is -0.279 e. The molecule has 1 heteroatoms. The molecule has 0 aliphatic heterocycles. The molecule has 4 rings (SSSR count). The van der Waals surface area contributed by atoms with E-state index in [-0.39, 0.29) is 0 Å². The summed E-state index contributed by atoms with van der Waals surface area (Å²) in [5.41, 5.74) is 6.06. The third-order valence-electron chi connectivity index (χ3n) is 4.99. The second-order valence-corrected chi connectivity index (χ2v) is 6.67. The summed E-state index contributed by atoms with van der Waals surface area (Å²) in [5, 5.41) is 2.64. The lowest BCUT2D eigenvalue weighted by Gasteiger charge is -2.12. The van der Waals surface area contributed by atoms with Crippen molar-refractivity contribution in [3.8, 4) is 0 Å². The van der Waals surface area contributed by atoms with E-state index in [0.717, 1.165) is 23.3 Å². The Bertz CT molecular complexity index is 1020. The van der Waals surface area contributed by atoms with Crippen molar-refractivity contribution in [1.82, 2.24) is 0 Å². The van der Waals surface area contributed by atoms with Crippen LogP contribution in [0.3, 0.4) is 0 Å². The number of nitrogens with zero attached hydrogens (tertiary/aromatic N) is 1. The highest BCUT2D eigenvalue weighted by Crippen LogP contribution is 2.24. The second kappa shape index (κ2) is 8.01. The second-order valence-electron chi connectivity index (χ2n) is 6.67. The van der Waals surface area contributed by atoms with Crippen LogP contribution < -0.4 is 0 Å². The predicted octanol–water partition coefficient (Wildman–Crippen LogP) is 6.44. The van der Waals surface area contributed by atoms with Crippen molar-refractivity contribution in [2.24, 2.45) is 4.99 Å². The minimum absolute atomic E-state index is 0.688. The molecular weight excluding hydrogens is 326 g/mol. The summed E-state index contributed by atoms with van der Waals surface area (Å²) in [7, 11) is 0. The van der Waals surface area contributed by atoms with Gasteiger partial charge in [-0.3, -0.25) is 4.99 Å². The number of rotatable bonds is 5. The van der Waals surface area contributed by atoms with Gasteiger partial charge < -0.3 is 0 Å². The average molecular weight is 349 g/mol. The lowest BCUT2D eigenvalue weighted by molar-refractivity contribution is 1.01. The average Bonchev–Trinajstić information content (AvgIpc) is 2.75. The Morgan fingerprint density at radius 3 is 1.89 bits per heavy atom. The van der Waals surface area contributed by atoms with Crippen LogP contribution in [0.2, 0.25) is 0 Å². The van der Waals surface area contributed by atoms with E-state index in [4.69, 9.17) is 4.99 Å². The Labute approximate surface area is 161 Å². The van der Waals surface area contributed by atoms with Crippen molar-refractivity contribution >= 4 is 16.5 Å². The van der Waals surface area contributed by atoms with Gasteiger partial charge in [0.2, 0.25) is 0 Å². The van der Waals surface area contributed by atoms with Gasteiger partial charge in [0.15, 0.2) is 0 Å². The largest absolute Gasteiger partial charge is 0.279 e. The highest BCUT2D eigenvalue weighted by Gasteiger charge is 2.09. The first kappa shape index (κ1) is 17.2. The van der Waals surface area contributed by atoms with Gasteiger partial charge in [-0.05, 0) is 28.3 Å². The van der Waals surface area contributed by atoms with Crippen molar-refractivity contribution in [2.45, 2.75) is 19.9 Å². The van der Waals surface area contributed by atoms with Gasteiger partial charge in [-0.2, -0.15) is 0 Å². The Kier molecular flexibility index (Phi) is 5.11. The van der Waals surface area contributed by atoms with E-state index < -0.39 is 0 Å². The number of aryl methyl sites for hydroxylation is 1. The van der Waals surface area contributed by atoms with Crippen LogP contribution in [0.1, 0.15) is 29.2 Å². The van der Waals surface area contributed by atoms with Crippen LogP contribution in [-0.4, -0.2) is 5.71 Å². The lowest BCUT2D eigenvalue weighted by Crippen LogP contribution is -2.04. The first-order chi connectivity index (χ1) is 13.4. The summed E-state index contributed by atoms with van der Waals surface area (Å²) in [5.74, 6) is 0. The number of fused-ring (bicyclic) bond motifs is 1. The third-order valence-corrected chi connectivity index (χ3v) is 4.99. The topological polar surface area (TPSA) is 12.4 Å². The molecule has 0 heterocycles. The maximum absolute atomic E-state index is 5.07. The predicted molar refractivity (Wildman–Crippen MR) is 116 cm³/mol. The molecule has 0 saturated carbocycles. The van der Waals surface area contributed by atoms with Gasteiger partial charge in [0.05, 0.1) is 12.3 Å². The van der Waals surface area contributed by atoms with E-state index in [1.807, 2.05) is 12.1 Å². The summed E-state index contributed by atoms with van der Waals surface area (Å²) >= 11 is 0. The molecule has 0 spiro atoms. The molecule has 0 atom stereocenters. The molecule has 0 N–H and O–H groups in total. The summed E-state index contributed by atoms with van der Waals surface area (Å²) in [4.78, 5) is 5.07. The highest BCUT2D eigenvalue weighted by atomic mass is 14.7. The molecule has 0 aliphatic carbocycles. The molecule has 0 saturated heterocycles. The molecule has 132 valence electrons. The molecule has 0 aliphatic rings. The monoisotopic (exact) mass is 349 g/mol. The third kappa shape index (κ3) is 3.68. The van der Waals surface area contributed by atoms with Gasteiger partial charge in [-0.25, -0.2) is 0 Å². The number of hydrogen-bond donors (Lipinski definition) is 0. The molecule has 0 unspecified atom stereocenters.